The first-order valence-electron chi connectivity index (χ1n) is 12.2. The lowest BCUT2D eigenvalue weighted by molar-refractivity contribution is -0.144. The molecule has 1 aromatic heterocycles. The maximum Gasteiger partial charge on any atom is 0.414 e. The Morgan fingerprint density at radius 2 is 1.89 bits per heavy atom. The number of ether oxygens (including phenoxy) is 1. The molecule has 1 amide bonds. The van der Waals surface area contributed by atoms with Crippen molar-refractivity contribution >= 4 is 23.6 Å². The predicted octanol–water partition coefficient (Wildman–Crippen LogP) is 6.01. The van der Waals surface area contributed by atoms with E-state index >= 15 is 0 Å². The Labute approximate surface area is 208 Å². The number of halogens is 1. The Hall–Kier alpha value is -3.88. The summed E-state index contributed by atoms with van der Waals surface area (Å²) in [6.07, 6.45) is 2.93. The highest BCUT2D eigenvalue weighted by atomic mass is 19.1. The summed E-state index contributed by atoms with van der Waals surface area (Å²) in [5.41, 5.74) is 1.52. The van der Waals surface area contributed by atoms with Crippen molar-refractivity contribution in [2.75, 3.05) is 16.8 Å². The largest absolute Gasteiger partial charge is 0.481 e. The minimum absolute atomic E-state index is 0.0188. The van der Waals surface area contributed by atoms with Crippen LogP contribution in [0.15, 0.2) is 59.1 Å². The van der Waals surface area contributed by atoms with Gasteiger partial charge in [-0.05, 0) is 67.4 Å². The lowest BCUT2D eigenvalue weighted by atomic mass is 9.87. The van der Waals surface area contributed by atoms with Gasteiger partial charge in [-0.2, -0.15) is 4.39 Å². The second kappa shape index (κ2) is 9.64. The topological polar surface area (TPSA) is 105 Å². The van der Waals surface area contributed by atoms with Gasteiger partial charge in [0.2, 0.25) is 5.88 Å². The zero-order valence-electron chi connectivity index (χ0n) is 19.9. The molecule has 9 heteroatoms. The number of hydrogen-bond donors (Lipinski definition) is 2. The van der Waals surface area contributed by atoms with Crippen molar-refractivity contribution in [3.05, 3.63) is 66.1 Å². The molecule has 2 fully saturated rings. The molecule has 3 aromatic rings. The Morgan fingerprint density at radius 3 is 2.56 bits per heavy atom. The fraction of sp³-hybridized carbons (Fsp3) is 0.370. The first-order chi connectivity index (χ1) is 17.4. The number of aromatic nitrogens is 1. The molecule has 36 heavy (non-hydrogen) atoms. The van der Waals surface area contributed by atoms with Crippen LogP contribution >= 0.6 is 0 Å². The molecule has 2 heterocycles. The van der Waals surface area contributed by atoms with E-state index < -0.39 is 29.5 Å². The first-order valence-corrected chi connectivity index (χ1v) is 12.2. The number of nitrogens with zero attached hydrogens (tertiary/aromatic N) is 2. The van der Waals surface area contributed by atoms with Crippen LogP contribution in [0.25, 0.3) is 11.1 Å². The molecule has 2 aromatic carbocycles. The van der Waals surface area contributed by atoms with Crippen molar-refractivity contribution in [3.63, 3.8) is 0 Å². The third-order valence-corrected chi connectivity index (χ3v) is 7.26. The van der Waals surface area contributed by atoms with E-state index in [1.807, 2.05) is 42.5 Å². The number of aliphatic carboxylic acids is 1. The maximum absolute atomic E-state index is 14.6. The Kier molecular flexibility index (Phi) is 6.38. The van der Waals surface area contributed by atoms with Crippen molar-refractivity contribution < 1.29 is 28.3 Å². The van der Waals surface area contributed by atoms with Gasteiger partial charge in [0.15, 0.2) is 0 Å². The molecule has 2 atom stereocenters. The van der Waals surface area contributed by atoms with Crippen LogP contribution in [0, 0.1) is 11.4 Å². The first kappa shape index (κ1) is 23.8. The van der Waals surface area contributed by atoms with Gasteiger partial charge >= 0.3 is 12.1 Å². The van der Waals surface area contributed by atoms with E-state index in [1.54, 1.807) is 19.1 Å². The van der Waals surface area contributed by atoms with Crippen molar-refractivity contribution in [3.8, 4) is 11.1 Å². The van der Waals surface area contributed by atoms with Gasteiger partial charge in [-0.1, -0.05) is 42.5 Å². The quantitative estimate of drug-likeness (QED) is 0.415. The van der Waals surface area contributed by atoms with E-state index in [-0.39, 0.29) is 17.5 Å². The summed E-state index contributed by atoms with van der Waals surface area (Å²) in [5, 5.41) is 15.6. The Morgan fingerprint density at radius 1 is 1.17 bits per heavy atom. The maximum atomic E-state index is 14.6. The van der Waals surface area contributed by atoms with Crippen LogP contribution in [-0.4, -0.2) is 34.9 Å². The molecule has 5 rings (SSSR count). The third-order valence-electron chi connectivity index (χ3n) is 7.26. The summed E-state index contributed by atoms with van der Waals surface area (Å²) in [7, 11) is 0. The molecule has 1 aliphatic carbocycles. The molecule has 1 saturated carbocycles. The average molecular weight is 494 g/mol. The van der Waals surface area contributed by atoms with Gasteiger partial charge < -0.3 is 19.3 Å². The normalized spacial score (nSPS) is 19.4. The smallest absolute Gasteiger partial charge is 0.414 e. The second-order valence-corrected chi connectivity index (χ2v) is 9.47. The minimum atomic E-state index is -0.854. The van der Waals surface area contributed by atoms with Crippen LogP contribution in [0.1, 0.15) is 50.7 Å². The van der Waals surface area contributed by atoms with Crippen molar-refractivity contribution in [1.29, 1.82) is 0 Å². The zero-order chi connectivity index (χ0) is 25.3. The van der Waals surface area contributed by atoms with Crippen molar-refractivity contribution in [2.45, 2.75) is 51.2 Å². The fourth-order valence-corrected chi connectivity index (χ4v) is 5.14. The van der Waals surface area contributed by atoms with E-state index in [2.05, 4.69) is 15.4 Å². The molecule has 0 bridgehead atoms. The number of carbonyl (C=O) groups excluding carboxylic acids is 1. The second-order valence-electron chi connectivity index (χ2n) is 9.47. The average Bonchev–Trinajstić information content (AvgIpc) is 3.63. The van der Waals surface area contributed by atoms with E-state index in [0.717, 1.165) is 37.1 Å². The van der Waals surface area contributed by atoms with Crippen molar-refractivity contribution in [1.82, 2.24) is 5.16 Å². The number of carboxylic acid groups (broad SMARTS) is 1. The van der Waals surface area contributed by atoms with Crippen LogP contribution in [0.2, 0.25) is 0 Å². The fourth-order valence-electron chi connectivity index (χ4n) is 5.14. The van der Waals surface area contributed by atoms with Crippen LogP contribution in [0.4, 0.5) is 20.8 Å². The number of benzene rings is 2. The number of piperidine rings is 1. The highest BCUT2D eigenvalue weighted by Gasteiger charge is 2.58. The SMILES string of the molecule is CC(OC(=O)Nc1onc(F)c1-c1ccc(N2CCCCC2C2(C(=O)O)CC2)cc1)c1ccccc1. The summed E-state index contributed by atoms with van der Waals surface area (Å²) in [5.74, 6) is -1.73. The molecule has 188 valence electrons. The van der Waals surface area contributed by atoms with Crippen LogP contribution in [0.3, 0.4) is 0 Å². The highest BCUT2D eigenvalue weighted by Crippen LogP contribution is 2.53. The summed E-state index contributed by atoms with van der Waals surface area (Å²) < 4.78 is 25.0. The summed E-state index contributed by atoms with van der Waals surface area (Å²) in [6.45, 7) is 2.51. The summed E-state index contributed by atoms with van der Waals surface area (Å²) in [6, 6.07) is 16.3. The number of hydrogen-bond acceptors (Lipinski definition) is 6. The third kappa shape index (κ3) is 4.53. The number of nitrogens with one attached hydrogen (secondary N) is 1. The lowest BCUT2D eigenvalue weighted by Crippen LogP contribution is -2.48. The molecule has 1 aliphatic heterocycles. The standard InChI is InChI=1S/C27H28FN3O5/c1-17(18-7-3-2-4-8-18)35-26(34)29-24-22(23(28)30-36-24)19-10-12-20(13-11-19)31-16-6-5-9-21(31)27(14-15-27)25(32)33/h2-4,7-8,10-13,17,21H,5-6,9,14-16H2,1H3,(H,29,34)(H,32,33). The molecular weight excluding hydrogens is 465 g/mol. The molecule has 2 aliphatic rings. The lowest BCUT2D eigenvalue weighted by Gasteiger charge is -2.41. The monoisotopic (exact) mass is 493 g/mol. The van der Waals surface area contributed by atoms with Gasteiger partial charge in [0.25, 0.3) is 5.95 Å². The summed E-state index contributed by atoms with van der Waals surface area (Å²) >= 11 is 0. The molecule has 0 spiro atoms. The zero-order valence-corrected chi connectivity index (χ0v) is 19.9. The number of amides is 1. The van der Waals surface area contributed by atoms with Crippen LogP contribution in [-0.2, 0) is 9.53 Å². The van der Waals surface area contributed by atoms with E-state index in [9.17, 15) is 19.1 Å². The number of anilines is 2. The minimum Gasteiger partial charge on any atom is -0.481 e. The van der Waals surface area contributed by atoms with Gasteiger partial charge in [0.1, 0.15) is 11.7 Å². The van der Waals surface area contributed by atoms with E-state index in [1.165, 1.54) is 0 Å². The van der Waals surface area contributed by atoms with E-state index in [4.69, 9.17) is 9.26 Å². The molecular formula is C27H28FN3O5. The molecule has 2 N–H and O–H groups in total. The van der Waals surface area contributed by atoms with Gasteiger partial charge in [-0.25, -0.2) is 4.79 Å². The van der Waals surface area contributed by atoms with Gasteiger partial charge in [0, 0.05) is 18.3 Å². The van der Waals surface area contributed by atoms with Gasteiger partial charge in [-0.15, -0.1) is 0 Å². The number of carboxylic acids is 1. The predicted molar refractivity (Wildman–Crippen MR) is 131 cm³/mol. The molecule has 1 saturated heterocycles. The van der Waals surface area contributed by atoms with Crippen molar-refractivity contribution in [2.24, 2.45) is 5.41 Å². The molecule has 0 radical (unpaired) electrons. The molecule has 8 nitrogen and oxygen atoms in total. The van der Waals surface area contributed by atoms with Gasteiger partial charge in [-0.3, -0.25) is 10.1 Å². The molecule has 2 unspecified atom stereocenters. The number of rotatable bonds is 7. The Balaban J connectivity index is 1.32. The van der Waals surface area contributed by atoms with E-state index in [0.29, 0.717) is 18.4 Å². The van der Waals surface area contributed by atoms with Crippen LogP contribution in [0.5, 0.6) is 0 Å². The van der Waals surface area contributed by atoms with Gasteiger partial charge in [0.05, 0.1) is 5.41 Å². The van der Waals surface area contributed by atoms with Crippen LogP contribution < -0.4 is 10.2 Å². The summed E-state index contributed by atoms with van der Waals surface area (Å²) in [4.78, 5) is 26.6. The number of carbonyl (C=O) groups is 2. The highest BCUT2D eigenvalue weighted by molar-refractivity contribution is 5.89. The Bertz CT molecular complexity index is 1240.